The standard InChI is InChI=1S/C21H20N6O5S/c1-11-18(19(28)29)33-21(24-11)27-20-25-13(16-9-22-10-32-16)7-17(26-20)23-8-12-4-5-14(30-2)15(6-12)31-3/h4-7,9-10H,8H2,1-3H3,(H,28,29)(H2,23,24,25,26,27). The molecule has 33 heavy (non-hydrogen) atoms. The van der Waals surface area contributed by atoms with Crippen LogP contribution in [-0.4, -0.2) is 45.2 Å². The molecule has 3 N–H and O–H groups in total. The van der Waals surface area contributed by atoms with Crippen LogP contribution < -0.4 is 20.1 Å². The van der Waals surface area contributed by atoms with Gasteiger partial charge in [0.2, 0.25) is 5.95 Å². The molecule has 0 radical (unpaired) electrons. The van der Waals surface area contributed by atoms with Crippen LogP contribution in [0.1, 0.15) is 20.9 Å². The summed E-state index contributed by atoms with van der Waals surface area (Å²) in [6.07, 6.45) is 2.85. The smallest absolute Gasteiger partial charge is 0.347 e. The number of nitrogens with zero attached hydrogens (tertiary/aromatic N) is 4. The van der Waals surface area contributed by atoms with Gasteiger partial charge in [-0.05, 0) is 24.6 Å². The fourth-order valence-corrected chi connectivity index (χ4v) is 3.79. The van der Waals surface area contributed by atoms with Crippen molar-refractivity contribution >= 4 is 34.2 Å². The number of carboxylic acid groups (broad SMARTS) is 1. The third kappa shape index (κ3) is 5.01. The van der Waals surface area contributed by atoms with E-state index < -0.39 is 5.97 Å². The molecule has 3 aromatic heterocycles. The predicted octanol–water partition coefficient (Wildman–Crippen LogP) is 3.97. The molecule has 0 aliphatic heterocycles. The Balaban J connectivity index is 1.60. The van der Waals surface area contributed by atoms with Gasteiger partial charge in [-0.15, -0.1) is 0 Å². The highest BCUT2D eigenvalue weighted by Crippen LogP contribution is 2.29. The second kappa shape index (κ2) is 9.53. The third-order valence-electron chi connectivity index (χ3n) is 4.54. The first-order chi connectivity index (χ1) is 16.0. The molecular weight excluding hydrogens is 448 g/mol. The van der Waals surface area contributed by atoms with E-state index in [-0.39, 0.29) is 10.8 Å². The molecule has 3 heterocycles. The van der Waals surface area contributed by atoms with Crippen LogP contribution in [0, 0.1) is 6.92 Å². The van der Waals surface area contributed by atoms with Gasteiger partial charge < -0.3 is 24.3 Å². The minimum Gasteiger partial charge on any atom is -0.493 e. The molecule has 0 saturated heterocycles. The Bertz CT molecular complexity index is 1270. The van der Waals surface area contributed by atoms with E-state index in [2.05, 4.69) is 30.6 Å². The lowest BCUT2D eigenvalue weighted by molar-refractivity contribution is 0.0701. The van der Waals surface area contributed by atoms with E-state index in [4.69, 9.17) is 13.9 Å². The normalized spacial score (nSPS) is 10.6. The highest BCUT2D eigenvalue weighted by Gasteiger charge is 2.16. The van der Waals surface area contributed by atoms with Gasteiger partial charge in [0.25, 0.3) is 0 Å². The molecule has 4 aromatic rings. The number of thiazole rings is 1. The first-order valence-corrected chi connectivity index (χ1v) is 10.5. The minimum absolute atomic E-state index is 0.149. The molecule has 0 fully saturated rings. The topological polar surface area (TPSA) is 145 Å². The number of anilines is 3. The first-order valence-electron chi connectivity index (χ1n) is 9.67. The van der Waals surface area contributed by atoms with Crippen molar-refractivity contribution in [1.82, 2.24) is 19.9 Å². The number of aryl methyl sites for hydroxylation is 1. The lowest BCUT2D eigenvalue weighted by atomic mass is 10.2. The van der Waals surface area contributed by atoms with Gasteiger partial charge in [-0.2, -0.15) is 4.98 Å². The number of benzene rings is 1. The number of aromatic carboxylic acids is 1. The van der Waals surface area contributed by atoms with Crippen LogP contribution in [0.3, 0.4) is 0 Å². The zero-order valence-corrected chi connectivity index (χ0v) is 18.8. The molecule has 0 amide bonds. The van der Waals surface area contributed by atoms with Gasteiger partial charge in [0.1, 0.15) is 16.4 Å². The maximum absolute atomic E-state index is 11.3. The Morgan fingerprint density at radius 1 is 1.15 bits per heavy atom. The monoisotopic (exact) mass is 468 g/mol. The SMILES string of the molecule is COc1ccc(CNc2cc(-c3cnco3)nc(Nc3nc(C)c(C(=O)O)s3)n2)cc1OC. The number of carboxylic acids is 1. The Labute approximate surface area is 192 Å². The van der Waals surface area contributed by atoms with Gasteiger partial charge in [-0.3, -0.25) is 5.32 Å². The van der Waals surface area contributed by atoms with Crippen LogP contribution in [0.25, 0.3) is 11.5 Å². The average Bonchev–Trinajstić information content (AvgIpc) is 3.47. The average molecular weight is 468 g/mol. The van der Waals surface area contributed by atoms with E-state index in [1.165, 1.54) is 6.39 Å². The molecule has 0 saturated carbocycles. The fraction of sp³-hybridized carbons (Fsp3) is 0.190. The Morgan fingerprint density at radius 3 is 2.64 bits per heavy atom. The van der Waals surface area contributed by atoms with Crippen LogP contribution in [0.5, 0.6) is 11.5 Å². The molecular formula is C21H20N6O5S. The maximum Gasteiger partial charge on any atom is 0.347 e. The molecule has 0 bridgehead atoms. The number of methoxy groups -OCH3 is 2. The predicted molar refractivity (Wildman–Crippen MR) is 121 cm³/mol. The molecule has 11 nitrogen and oxygen atoms in total. The lowest BCUT2D eigenvalue weighted by Crippen LogP contribution is -2.06. The molecule has 0 aliphatic rings. The Morgan fingerprint density at radius 2 is 1.97 bits per heavy atom. The summed E-state index contributed by atoms with van der Waals surface area (Å²) in [7, 11) is 3.16. The molecule has 0 spiro atoms. The molecule has 0 aliphatic carbocycles. The minimum atomic E-state index is -1.04. The van der Waals surface area contributed by atoms with E-state index in [1.54, 1.807) is 33.4 Å². The molecule has 12 heteroatoms. The Kier molecular flexibility index (Phi) is 6.36. The lowest BCUT2D eigenvalue weighted by Gasteiger charge is -2.12. The number of aromatic nitrogens is 4. The van der Waals surface area contributed by atoms with Crippen LogP contribution in [0.15, 0.2) is 41.3 Å². The van der Waals surface area contributed by atoms with Gasteiger partial charge in [-0.1, -0.05) is 17.4 Å². The third-order valence-corrected chi connectivity index (χ3v) is 5.60. The highest BCUT2D eigenvalue weighted by atomic mass is 32.1. The molecule has 4 rings (SSSR count). The summed E-state index contributed by atoms with van der Waals surface area (Å²) >= 11 is 1.01. The summed E-state index contributed by atoms with van der Waals surface area (Å²) in [6, 6.07) is 7.34. The second-order valence-corrected chi connectivity index (χ2v) is 7.73. The van der Waals surface area contributed by atoms with E-state index in [0.29, 0.717) is 46.1 Å². The van der Waals surface area contributed by atoms with Crippen molar-refractivity contribution < 1.29 is 23.8 Å². The summed E-state index contributed by atoms with van der Waals surface area (Å²) in [4.78, 5) is 28.6. The molecule has 1 aromatic carbocycles. The van der Waals surface area contributed by atoms with Crippen LogP contribution in [-0.2, 0) is 6.54 Å². The van der Waals surface area contributed by atoms with Crippen LogP contribution >= 0.6 is 11.3 Å². The Hall–Kier alpha value is -4.19. The van der Waals surface area contributed by atoms with Gasteiger partial charge in [0.15, 0.2) is 28.8 Å². The van der Waals surface area contributed by atoms with E-state index in [1.807, 2.05) is 18.2 Å². The number of nitrogens with one attached hydrogen (secondary N) is 2. The van der Waals surface area contributed by atoms with Gasteiger partial charge in [0.05, 0.1) is 26.1 Å². The van der Waals surface area contributed by atoms with Gasteiger partial charge in [0, 0.05) is 12.6 Å². The molecule has 0 atom stereocenters. The highest BCUT2D eigenvalue weighted by molar-refractivity contribution is 7.17. The van der Waals surface area contributed by atoms with Crippen molar-refractivity contribution in [2.24, 2.45) is 0 Å². The number of hydrogen-bond donors (Lipinski definition) is 3. The maximum atomic E-state index is 11.3. The van der Waals surface area contributed by atoms with Crippen molar-refractivity contribution in [3.63, 3.8) is 0 Å². The van der Waals surface area contributed by atoms with E-state index in [9.17, 15) is 9.90 Å². The van der Waals surface area contributed by atoms with Crippen LogP contribution in [0.4, 0.5) is 16.9 Å². The van der Waals surface area contributed by atoms with E-state index in [0.717, 1.165) is 16.9 Å². The number of hydrogen-bond acceptors (Lipinski definition) is 11. The first kappa shape index (κ1) is 22.0. The summed E-state index contributed by atoms with van der Waals surface area (Å²) in [6.45, 7) is 2.08. The van der Waals surface area contributed by atoms with Crippen molar-refractivity contribution in [3.05, 3.63) is 53.0 Å². The van der Waals surface area contributed by atoms with E-state index >= 15 is 0 Å². The summed E-state index contributed by atoms with van der Waals surface area (Å²) in [5.74, 6) is 1.42. The number of oxazole rings is 1. The summed E-state index contributed by atoms with van der Waals surface area (Å²) in [5, 5.41) is 15.9. The van der Waals surface area contributed by atoms with Crippen molar-refractivity contribution in [2.45, 2.75) is 13.5 Å². The zero-order valence-electron chi connectivity index (χ0n) is 17.9. The van der Waals surface area contributed by atoms with Crippen molar-refractivity contribution in [1.29, 1.82) is 0 Å². The number of carbonyl (C=O) groups is 1. The summed E-state index contributed by atoms with van der Waals surface area (Å²) < 4.78 is 16.0. The largest absolute Gasteiger partial charge is 0.493 e. The number of rotatable bonds is 9. The fourth-order valence-electron chi connectivity index (χ4n) is 2.99. The summed E-state index contributed by atoms with van der Waals surface area (Å²) in [5.41, 5.74) is 1.85. The molecule has 170 valence electrons. The molecule has 0 unspecified atom stereocenters. The quantitative estimate of drug-likeness (QED) is 0.328. The number of ether oxygens (including phenoxy) is 2. The second-order valence-electron chi connectivity index (χ2n) is 6.73. The van der Waals surface area contributed by atoms with Crippen molar-refractivity contribution in [2.75, 3.05) is 24.9 Å². The van der Waals surface area contributed by atoms with Gasteiger partial charge in [-0.25, -0.2) is 19.7 Å². The van der Waals surface area contributed by atoms with Crippen LogP contribution in [0.2, 0.25) is 0 Å². The van der Waals surface area contributed by atoms with Gasteiger partial charge >= 0.3 is 5.97 Å². The van der Waals surface area contributed by atoms with Crippen molar-refractivity contribution in [3.8, 4) is 23.0 Å². The zero-order chi connectivity index (χ0) is 23.4.